The molecule has 20 heavy (non-hydrogen) atoms. The first-order valence-electron chi connectivity index (χ1n) is 5.78. The molecule has 0 saturated carbocycles. The van der Waals surface area contributed by atoms with Crippen LogP contribution in [0.25, 0.3) is 0 Å². The van der Waals surface area contributed by atoms with Crippen molar-refractivity contribution in [3.8, 4) is 5.75 Å². The topological polar surface area (TPSA) is 119 Å². The molecule has 0 bridgehead atoms. The highest BCUT2D eigenvalue weighted by atomic mass is 16.6. The van der Waals surface area contributed by atoms with E-state index in [9.17, 15) is 19.7 Å². The minimum Gasteiger partial charge on any atom is -0.490 e. The monoisotopic (exact) mass is 282 g/mol. The average molecular weight is 282 g/mol. The van der Waals surface area contributed by atoms with Gasteiger partial charge in [-0.05, 0) is 18.6 Å². The summed E-state index contributed by atoms with van der Waals surface area (Å²) < 4.78 is 4.83. The number of nitrogens with zero attached hydrogens (tertiary/aromatic N) is 1. The number of methoxy groups -OCH3 is 1. The molecule has 1 aromatic rings. The summed E-state index contributed by atoms with van der Waals surface area (Å²) in [6.07, 6.45) is 0.238. The number of nitro benzene ring substituents is 1. The number of nitrogens with one attached hydrogen (secondary N) is 1. The molecule has 0 spiro atoms. The van der Waals surface area contributed by atoms with Crippen LogP contribution in [-0.4, -0.2) is 35.6 Å². The number of benzene rings is 1. The highest BCUT2D eigenvalue weighted by Gasteiger charge is 2.17. The molecule has 108 valence electrons. The van der Waals surface area contributed by atoms with Crippen molar-refractivity contribution in [2.24, 2.45) is 0 Å². The second kappa shape index (κ2) is 7.07. The van der Waals surface area contributed by atoms with E-state index in [4.69, 9.17) is 9.84 Å². The molecule has 0 unspecified atom stereocenters. The molecule has 1 rings (SSSR count). The zero-order chi connectivity index (χ0) is 15.1. The van der Waals surface area contributed by atoms with Crippen LogP contribution in [0.1, 0.15) is 23.2 Å². The molecule has 8 heteroatoms. The van der Waals surface area contributed by atoms with Crippen molar-refractivity contribution in [3.05, 3.63) is 33.9 Å². The lowest BCUT2D eigenvalue weighted by atomic mass is 10.1. The van der Waals surface area contributed by atoms with Crippen molar-refractivity contribution in [2.45, 2.75) is 12.8 Å². The van der Waals surface area contributed by atoms with Crippen molar-refractivity contribution in [2.75, 3.05) is 13.7 Å². The fraction of sp³-hybridized carbons (Fsp3) is 0.333. The Labute approximate surface area is 114 Å². The molecule has 1 amide bonds. The third kappa shape index (κ3) is 4.23. The largest absolute Gasteiger partial charge is 0.490 e. The molecule has 0 fully saturated rings. The summed E-state index contributed by atoms with van der Waals surface area (Å²) in [5.41, 5.74) is -0.182. The number of carbonyl (C=O) groups is 2. The lowest BCUT2D eigenvalue weighted by Gasteiger charge is -2.06. The molecular weight excluding hydrogens is 268 g/mol. The molecule has 1 aromatic carbocycles. The van der Waals surface area contributed by atoms with Gasteiger partial charge in [0.1, 0.15) is 0 Å². The van der Waals surface area contributed by atoms with Gasteiger partial charge in [0.25, 0.3) is 5.91 Å². The number of carboxylic acid groups (broad SMARTS) is 1. The van der Waals surface area contributed by atoms with Crippen LogP contribution in [-0.2, 0) is 4.79 Å². The highest BCUT2D eigenvalue weighted by Crippen LogP contribution is 2.27. The molecule has 0 aliphatic rings. The van der Waals surface area contributed by atoms with Crippen molar-refractivity contribution in [1.82, 2.24) is 5.32 Å². The summed E-state index contributed by atoms with van der Waals surface area (Å²) >= 11 is 0. The van der Waals surface area contributed by atoms with E-state index in [0.717, 1.165) is 6.07 Å². The Bertz CT molecular complexity index is 529. The van der Waals surface area contributed by atoms with Crippen LogP contribution in [0.2, 0.25) is 0 Å². The first kappa shape index (κ1) is 15.4. The van der Waals surface area contributed by atoms with E-state index in [-0.39, 0.29) is 30.0 Å². The van der Waals surface area contributed by atoms with Crippen LogP contribution in [0.5, 0.6) is 5.75 Å². The lowest BCUT2D eigenvalue weighted by Crippen LogP contribution is -2.24. The molecule has 0 aliphatic heterocycles. The molecular formula is C12H14N2O6. The molecule has 0 radical (unpaired) electrons. The van der Waals surface area contributed by atoms with Crippen LogP contribution >= 0.6 is 0 Å². The summed E-state index contributed by atoms with van der Waals surface area (Å²) in [5.74, 6) is -1.38. The minimum atomic E-state index is -0.945. The van der Waals surface area contributed by atoms with E-state index in [1.807, 2.05) is 0 Å². The number of carboxylic acids is 1. The van der Waals surface area contributed by atoms with E-state index in [2.05, 4.69) is 5.32 Å². The molecule has 0 saturated heterocycles. The Morgan fingerprint density at radius 2 is 2.15 bits per heavy atom. The summed E-state index contributed by atoms with van der Waals surface area (Å²) in [6.45, 7) is 0.185. The van der Waals surface area contributed by atoms with Gasteiger partial charge in [-0.25, -0.2) is 0 Å². The molecule has 0 aromatic heterocycles. The minimum absolute atomic E-state index is 0.0525. The SMILES string of the molecule is COc1ccc(C(=O)NCCCC(=O)O)cc1[N+](=O)[O-]. The maximum Gasteiger partial charge on any atom is 0.311 e. The smallest absolute Gasteiger partial charge is 0.311 e. The number of rotatable bonds is 7. The quantitative estimate of drug-likeness (QED) is 0.440. The number of hydrogen-bond donors (Lipinski definition) is 2. The van der Waals surface area contributed by atoms with Gasteiger partial charge in [0.2, 0.25) is 0 Å². The summed E-state index contributed by atoms with van der Waals surface area (Å²) in [6, 6.07) is 3.86. The second-order valence-corrected chi connectivity index (χ2v) is 3.90. The van der Waals surface area contributed by atoms with Crippen LogP contribution in [0.15, 0.2) is 18.2 Å². The fourth-order valence-corrected chi connectivity index (χ4v) is 1.52. The zero-order valence-corrected chi connectivity index (χ0v) is 10.8. The predicted molar refractivity (Wildman–Crippen MR) is 68.9 cm³/mol. The fourth-order valence-electron chi connectivity index (χ4n) is 1.52. The molecule has 8 nitrogen and oxygen atoms in total. The molecule has 2 N–H and O–H groups in total. The summed E-state index contributed by atoms with van der Waals surface area (Å²) in [7, 11) is 1.30. The van der Waals surface area contributed by atoms with Crippen LogP contribution < -0.4 is 10.1 Å². The first-order valence-corrected chi connectivity index (χ1v) is 5.78. The zero-order valence-electron chi connectivity index (χ0n) is 10.8. The highest BCUT2D eigenvalue weighted by molar-refractivity contribution is 5.95. The Hall–Kier alpha value is -2.64. The van der Waals surface area contributed by atoms with Crippen LogP contribution in [0.3, 0.4) is 0 Å². The van der Waals surface area contributed by atoms with E-state index >= 15 is 0 Å². The normalized spacial score (nSPS) is 9.85. The van der Waals surface area contributed by atoms with Gasteiger partial charge in [-0.15, -0.1) is 0 Å². The van der Waals surface area contributed by atoms with E-state index in [0.29, 0.717) is 6.42 Å². The van der Waals surface area contributed by atoms with Gasteiger partial charge in [-0.2, -0.15) is 0 Å². The third-order valence-corrected chi connectivity index (χ3v) is 2.49. The number of amides is 1. The third-order valence-electron chi connectivity index (χ3n) is 2.49. The van der Waals surface area contributed by atoms with Gasteiger partial charge >= 0.3 is 11.7 Å². The lowest BCUT2D eigenvalue weighted by molar-refractivity contribution is -0.385. The number of ether oxygens (including phenoxy) is 1. The Morgan fingerprint density at radius 1 is 1.45 bits per heavy atom. The number of nitro groups is 1. The van der Waals surface area contributed by atoms with Crippen molar-refractivity contribution < 1.29 is 24.4 Å². The molecule has 0 aliphatic carbocycles. The van der Waals surface area contributed by atoms with Gasteiger partial charge in [0.05, 0.1) is 12.0 Å². The maximum atomic E-state index is 11.7. The van der Waals surface area contributed by atoms with Crippen molar-refractivity contribution in [1.29, 1.82) is 0 Å². The maximum absolute atomic E-state index is 11.7. The van der Waals surface area contributed by atoms with Crippen LogP contribution in [0.4, 0.5) is 5.69 Å². The Kier molecular flexibility index (Phi) is 5.45. The van der Waals surface area contributed by atoms with E-state index < -0.39 is 16.8 Å². The standard InChI is InChI=1S/C12H14N2O6/c1-20-10-5-4-8(7-9(10)14(18)19)12(17)13-6-2-3-11(15)16/h4-5,7H,2-3,6H2,1H3,(H,13,17)(H,15,16). The van der Waals surface area contributed by atoms with Gasteiger partial charge < -0.3 is 15.2 Å². The van der Waals surface area contributed by atoms with Crippen molar-refractivity contribution in [3.63, 3.8) is 0 Å². The number of aliphatic carboxylic acids is 1. The van der Waals surface area contributed by atoms with Crippen molar-refractivity contribution >= 4 is 17.6 Å². The van der Waals surface area contributed by atoms with Crippen LogP contribution in [0, 0.1) is 10.1 Å². The van der Waals surface area contributed by atoms with Gasteiger partial charge in [0.15, 0.2) is 5.75 Å². The molecule has 0 heterocycles. The summed E-state index contributed by atoms with van der Waals surface area (Å²) in [5, 5.41) is 21.8. The average Bonchev–Trinajstić information content (AvgIpc) is 2.42. The van der Waals surface area contributed by atoms with E-state index in [1.54, 1.807) is 0 Å². The van der Waals surface area contributed by atoms with E-state index in [1.165, 1.54) is 19.2 Å². The molecule has 0 atom stereocenters. The Balaban J connectivity index is 2.71. The first-order chi connectivity index (χ1) is 9.45. The number of hydrogen-bond acceptors (Lipinski definition) is 5. The number of carbonyl (C=O) groups excluding carboxylic acids is 1. The van der Waals surface area contributed by atoms with Gasteiger partial charge in [-0.3, -0.25) is 19.7 Å². The predicted octanol–water partition coefficient (Wildman–Crippen LogP) is 1.20. The van der Waals surface area contributed by atoms with Gasteiger partial charge in [-0.1, -0.05) is 0 Å². The Morgan fingerprint density at radius 3 is 2.70 bits per heavy atom. The second-order valence-electron chi connectivity index (χ2n) is 3.90. The summed E-state index contributed by atoms with van der Waals surface area (Å²) in [4.78, 5) is 32.2. The van der Waals surface area contributed by atoms with Gasteiger partial charge in [0, 0.05) is 24.6 Å².